The van der Waals surface area contributed by atoms with E-state index in [0.717, 1.165) is 5.92 Å². The van der Waals surface area contributed by atoms with E-state index in [2.05, 4.69) is 59.2 Å². The van der Waals surface area contributed by atoms with E-state index in [0.29, 0.717) is 17.6 Å². The van der Waals surface area contributed by atoms with Crippen LogP contribution in [-0.4, -0.2) is 30.2 Å². The Bertz CT molecular complexity index is 313. The molecule has 0 N–H and O–H groups in total. The molecule has 1 aliphatic rings. The zero-order valence-corrected chi connectivity index (χ0v) is 12.6. The predicted octanol–water partition coefficient (Wildman–Crippen LogP) is 3.48. The molecule has 0 heterocycles. The van der Waals surface area contributed by atoms with Gasteiger partial charge in [0.2, 0.25) is 0 Å². The highest BCUT2D eigenvalue weighted by atomic mass is 31.0. The van der Waals surface area contributed by atoms with Gasteiger partial charge in [-0.05, 0) is 57.1 Å². The summed E-state index contributed by atoms with van der Waals surface area (Å²) in [7, 11) is 5.22. The van der Waals surface area contributed by atoms with Crippen LogP contribution in [0, 0.1) is 11.8 Å². The van der Waals surface area contributed by atoms with Crippen LogP contribution in [0.2, 0.25) is 0 Å². The second-order valence-electron chi connectivity index (χ2n) is 5.15. The second kappa shape index (κ2) is 7.20. The SMILES string of the molecule is C=C=C=CC1C(P)C1C(C)N(C)CCCCC. The third kappa shape index (κ3) is 4.13. The van der Waals surface area contributed by atoms with Gasteiger partial charge in [-0.15, -0.1) is 9.24 Å². The van der Waals surface area contributed by atoms with Gasteiger partial charge in [0, 0.05) is 6.04 Å². The van der Waals surface area contributed by atoms with Crippen molar-refractivity contribution in [2.45, 2.75) is 44.8 Å². The molecule has 17 heavy (non-hydrogen) atoms. The molecule has 5 atom stereocenters. The molecule has 0 aromatic heterocycles. The lowest BCUT2D eigenvalue weighted by molar-refractivity contribution is 0.227. The fourth-order valence-corrected chi connectivity index (χ4v) is 3.33. The summed E-state index contributed by atoms with van der Waals surface area (Å²) in [5, 5.41) is 0. The first-order valence-electron chi connectivity index (χ1n) is 6.70. The third-order valence-electron chi connectivity index (χ3n) is 3.94. The molecule has 0 aliphatic heterocycles. The van der Waals surface area contributed by atoms with Crippen molar-refractivity contribution in [3.8, 4) is 0 Å². The molecular weight excluding hydrogens is 225 g/mol. The first-order valence-corrected chi connectivity index (χ1v) is 7.36. The lowest BCUT2D eigenvalue weighted by Gasteiger charge is -2.25. The van der Waals surface area contributed by atoms with E-state index in [9.17, 15) is 0 Å². The van der Waals surface area contributed by atoms with Crippen molar-refractivity contribution < 1.29 is 0 Å². The summed E-state index contributed by atoms with van der Waals surface area (Å²) in [6.45, 7) is 9.38. The van der Waals surface area contributed by atoms with Crippen LogP contribution >= 0.6 is 9.24 Å². The minimum atomic E-state index is 0.651. The van der Waals surface area contributed by atoms with E-state index < -0.39 is 0 Å². The van der Waals surface area contributed by atoms with Crippen molar-refractivity contribution in [2.75, 3.05) is 13.6 Å². The summed E-state index contributed by atoms with van der Waals surface area (Å²) in [6.07, 6.45) is 6.09. The molecule has 1 nitrogen and oxygen atoms in total. The number of allylic oxidation sites excluding steroid dienone is 1. The largest absolute Gasteiger partial charge is 0.303 e. The normalized spacial score (nSPS) is 28.4. The Kier molecular flexibility index (Phi) is 6.24. The van der Waals surface area contributed by atoms with E-state index in [1.807, 2.05) is 0 Å². The van der Waals surface area contributed by atoms with E-state index in [1.54, 1.807) is 0 Å². The van der Waals surface area contributed by atoms with Gasteiger partial charge >= 0.3 is 0 Å². The summed E-state index contributed by atoms with van der Waals surface area (Å²) in [5.74, 6) is 1.41. The van der Waals surface area contributed by atoms with Gasteiger partial charge in [0.25, 0.3) is 0 Å². The fraction of sp³-hybridized carbons (Fsp3) is 0.733. The van der Waals surface area contributed by atoms with Crippen LogP contribution in [0.5, 0.6) is 0 Å². The fourth-order valence-electron chi connectivity index (χ4n) is 2.51. The van der Waals surface area contributed by atoms with Crippen molar-refractivity contribution in [1.29, 1.82) is 0 Å². The van der Waals surface area contributed by atoms with Crippen LogP contribution in [0.15, 0.2) is 24.1 Å². The Labute approximate surface area is 109 Å². The van der Waals surface area contributed by atoms with Gasteiger partial charge in [-0.3, -0.25) is 0 Å². The molecule has 0 saturated heterocycles. The van der Waals surface area contributed by atoms with Crippen molar-refractivity contribution in [2.24, 2.45) is 11.8 Å². The van der Waals surface area contributed by atoms with Crippen molar-refractivity contribution in [3.63, 3.8) is 0 Å². The lowest BCUT2D eigenvalue weighted by atomic mass is 10.1. The zero-order valence-electron chi connectivity index (χ0n) is 11.4. The molecule has 0 amide bonds. The number of nitrogens with zero attached hydrogens (tertiary/aromatic N) is 1. The quantitative estimate of drug-likeness (QED) is 0.380. The summed E-state index contributed by atoms with van der Waals surface area (Å²) in [6, 6.07) is 0.655. The Morgan fingerprint density at radius 3 is 2.76 bits per heavy atom. The molecule has 1 saturated carbocycles. The second-order valence-corrected chi connectivity index (χ2v) is 5.92. The minimum Gasteiger partial charge on any atom is -0.303 e. The van der Waals surface area contributed by atoms with Gasteiger partial charge in [0.05, 0.1) is 0 Å². The number of hydrogen-bond acceptors (Lipinski definition) is 1. The summed E-state index contributed by atoms with van der Waals surface area (Å²) < 4.78 is 0. The van der Waals surface area contributed by atoms with E-state index in [-0.39, 0.29) is 0 Å². The maximum atomic E-state index is 3.56. The van der Waals surface area contributed by atoms with Gasteiger partial charge in [-0.2, -0.15) is 0 Å². The minimum absolute atomic E-state index is 0.651. The maximum absolute atomic E-state index is 3.56. The number of rotatable bonds is 7. The third-order valence-corrected chi connectivity index (χ3v) is 4.83. The van der Waals surface area contributed by atoms with E-state index >= 15 is 0 Å². The van der Waals surface area contributed by atoms with E-state index in [1.165, 1.54) is 25.8 Å². The lowest BCUT2D eigenvalue weighted by Crippen LogP contribution is -2.32. The summed E-state index contributed by atoms with van der Waals surface area (Å²) >= 11 is 0. The average molecular weight is 251 g/mol. The average Bonchev–Trinajstić information content (AvgIpc) is 2.96. The van der Waals surface area contributed by atoms with Crippen LogP contribution < -0.4 is 0 Å². The summed E-state index contributed by atoms with van der Waals surface area (Å²) in [4.78, 5) is 2.50. The first kappa shape index (κ1) is 14.7. The maximum Gasteiger partial charge on any atom is 0.0104 e. The van der Waals surface area contributed by atoms with Crippen LogP contribution in [-0.2, 0) is 0 Å². The molecule has 96 valence electrons. The molecule has 1 aliphatic carbocycles. The van der Waals surface area contributed by atoms with Gasteiger partial charge in [-0.25, -0.2) is 0 Å². The molecule has 1 fully saturated rings. The van der Waals surface area contributed by atoms with E-state index in [4.69, 9.17) is 0 Å². The first-order chi connectivity index (χ1) is 8.13. The number of hydrogen-bond donors (Lipinski definition) is 0. The molecule has 0 radical (unpaired) electrons. The standard InChI is InChI=1S/C15H26NP/c1-5-7-9-11-16(4)12(3)14-13(15(14)17)10-8-6-2/h10,12-15H,2,5,7,9,11,17H2,1,3-4H3. The van der Waals surface area contributed by atoms with Gasteiger partial charge in [-0.1, -0.05) is 31.2 Å². The molecule has 0 bridgehead atoms. The molecule has 0 aromatic rings. The predicted molar refractivity (Wildman–Crippen MR) is 79.3 cm³/mol. The highest BCUT2D eigenvalue weighted by Gasteiger charge is 2.49. The Morgan fingerprint density at radius 1 is 1.47 bits per heavy atom. The van der Waals surface area contributed by atoms with Crippen LogP contribution in [0.25, 0.3) is 0 Å². The molecule has 0 spiro atoms. The van der Waals surface area contributed by atoms with Crippen molar-refractivity contribution in [1.82, 2.24) is 4.90 Å². The smallest absolute Gasteiger partial charge is 0.0104 e. The molecule has 1 rings (SSSR count). The topological polar surface area (TPSA) is 3.24 Å². The Morgan fingerprint density at radius 2 is 2.18 bits per heavy atom. The van der Waals surface area contributed by atoms with Gasteiger partial charge in [0.15, 0.2) is 0 Å². The van der Waals surface area contributed by atoms with Gasteiger partial charge in [0.1, 0.15) is 0 Å². The van der Waals surface area contributed by atoms with Crippen molar-refractivity contribution in [3.05, 3.63) is 24.1 Å². The highest BCUT2D eigenvalue weighted by molar-refractivity contribution is 7.18. The highest BCUT2D eigenvalue weighted by Crippen LogP contribution is 2.49. The van der Waals surface area contributed by atoms with Gasteiger partial charge < -0.3 is 4.90 Å². The Balaban J connectivity index is 2.40. The monoisotopic (exact) mass is 251 g/mol. The molecule has 0 aromatic carbocycles. The van der Waals surface area contributed by atoms with Crippen LogP contribution in [0.4, 0.5) is 0 Å². The molecular formula is C15H26NP. The number of unbranched alkanes of at least 4 members (excludes halogenated alkanes) is 2. The van der Waals surface area contributed by atoms with Crippen LogP contribution in [0.3, 0.4) is 0 Å². The molecule has 2 heteroatoms. The van der Waals surface area contributed by atoms with Crippen LogP contribution in [0.1, 0.15) is 33.1 Å². The van der Waals surface area contributed by atoms with Crippen molar-refractivity contribution >= 4 is 9.24 Å². The molecule has 5 unspecified atom stereocenters. The zero-order chi connectivity index (χ0) is 12.8. The summed E-state index contributed by atoms with van der Waals surface area (Å²) in [5.41, 5.74) is 6.42. The Hall–Kier alpha value is -0.310.